The van der Waals surface area contributed by atoms with Crippen molar-refractivity contribution in [3.8, 4) is 0 Å². The minimum atomic E-state index is -1.67. The van der Waals surface area contributed by atoms with Gasteiger partial charge >= 0.3 is 21.1 Å². The number of carboxylic acids is 2. The molecular formula is C11H20N2O6Pt. The minimum Gasteiger partial charge on any atom is -0.549 e. The SMILES string of the molecule is NCC(CN)(CO)CO.O=C([O-])C1(C(=O)[O-])CCC1.[Pt+2]. The van der Waals surface area contributed by atoms with E-state index in [-0.39, 0.29) is 60.2 Å². The summed E-state index contributed by atoms with van der Waals surface area (Å²) in [6.45, 7) is 0.125. The van der Waals surface area contributed by atoms with E-state index in [2.05, 4.69) is 0 Å². The number of rotatable bonds is 6. The Balaban J connectivity index is 0. The Morgan fingerprint density at radius 1 is 1.05 bits per heavy atom. The van der Waals surface area contributed by atoms with Crippen molar-refractivity contribution in [1.29, 1.82) is 0 Å². The number of aliphatic carboxylic acids is 2. The van der Waals surface area contributed by atoms with Crippen LogP contribution in [0.3, 0.4) is 0 Å². The maximum atomic E-state index is 10.2. The van der Waals surface area contributed by atoms with Gasteiger partial charge in [0.2, 0.25) is 0 Å². The first kappa shape index (κ1) is 21.8. The van der Waals surface area contributed by atoms with Crippen molar-refractivity contribution in [1.82, 2.24) is 0 Å². The van der Waals surface area contributed by atoms with Gasteiger partial charge in [-0.15, -0.1) is 0 Å². The molecule has 20 heavy (non-hydrogen) atoms. The summed E-state index contributed by atoms with van der Waals surface area (Å²) in [7, 11) is 0. The van der Waals surface area contributed by atoms with Crippen molar-refractivity contribution < 1.29 is 51.1 Å². The molecule has 0 aromatic carbocycles. The summed E-state index contributed by atoms with van der Waals surface area (Å²) < 4.78 is 0. The molecule has 0 aromatic rings. The zero-order chi connectivity index (χ0) is 15.1. The molecule has 1 aliphatic rings. The molecule has 1 saturated carbocycles. The fourth-order valence-electron chi connectivity index (χ4n) is 1.41. The monoisotopic (exact) mass is 471 g/mol. The zero-order valence-corrected chi connectivity index (χ0v) is 13.2. The summed E-state index contributed by atoms with van der Waals surface area (Å²) in [5, 5.41) is 37.7. The van der Waals surface area contributed by atoms with Crippen LogP contribution in [0.5, 0.6) is 0 Å². The van der Waals surface area contributed by atoms with Crippen LogP contribution >= 0.6 is 0 Å². The molecule has 0 atom stereocenters. The molecule has 0 spiro atoms. The average molecular weight is 471 g/mol. The third-order valence-electron chi connectivity index (χ3n) is 3.53. The van der Waals surface area contributed by atoms with E-state index in [1.54, 1.807) is 0 Å². The predicted octanol–water partition coefficient (Wildman–Crippen LogP) is -4.47. The van der Waals surface area contributed by atoms with Gasteiger partial charge in [0.1, 0.15) is 0 Å². The fourth-order valence-corrected chi connectivity index (χ4v) is 1.41. The van der Waals surface area contributed by atoms with Gasteiger partial charge in [0.15, 0.2) is 0 Å². The Morgan fingerprint density at radius 2 is 1.40 bits per heavy atom. The zero-order valence-electron chi connectivity index (χ0n) is 10.9. The van der Waals surface area contributed by atoms with Gasteiger partial charge < -0.3 is 41.5 Å². The Bertz CT molecular complexity index is 285. The quantitative estimate of drug-likeness (QED) is 0.281. The number of aliphatic hydroxyl groups is 2. The van der Waals surface area contributed by atoms with Crippen molar-refractivity contribution in [3.63, 3.8) is 0 Å². The number of carbonyl (C=O) groups is 2. The van der Waals surface area contributed by atoms with E-state index in [1.165, 1.54) is 0 Å². The van der Waals surface area contributed by atoms with Crippen molar-refractivity contribution in [2.75, 3.05) is 26.3 Å². The molecular weight excluding hydrogens is 451 g/mol. The Kier molecular flexibility index (Phi) is 10.2. The molecule has 0 aromatic heterocycles. The van der Waals surface area contributed by atoms with E-state index < -0.39 is 22.8 Å². The van der Waals surface area contributed by atoms with E-state index in [4.69, 9.17) is 21.7 Å². The second-order valence-electron chi connectivity index (χ2n) is 4.74. The molecule has 0 radical (unpaired) electrons. The van der Waals surface area contributed by atoms with Crippen LogP contribution in [-0.4, -0.2) is 48.5 Å². The van der Waals surface area contributed by atoms with Gasteiger partial charge in [-0.3, -0.25) is 0 Å². The summed E-state index contributed by atoms with van der Waals surface area (Å²) in [4.78, 5) is 20.4. The van der Waals surface area contributed by atoms with Crippen LogP contribution in [0, 0.1) is 10.8 Å². The summed E-state index contributed by atoms with van der Waals surface area (Å²) in [6, 6.07) is 0. The van der Waals surface area contributed by atoms with E-state index in [0.717, 1.165) is 0 Å². The number of nitrogens with two attached hydrogens (primary N) is 2. The van der Waals surface area contributed by atoms with Gasteiger partial charge in [-0.05, 0) is 12.8 Å². The van der Waals surface area contributed by atoms with E-state index in [9.17, 15) is 19.8 Å². The molecule has 1 aliphatic carbocycles. The van der Waals surface area contributed by atoms with E-state index in [1.807, 2.05) is 0 Å². The topological polar surface area (TPSA) is 173 Å². The number of carboxylic acid groups (broad SMARTS) is 2. The largest absolute Gasteiger partial charge is 2.00 e. The molecule has 1 rings (SSSR count). The molecule has 1 fully saturated rings. The molecule has 0 heterocycles. The first-order valence-electron chi connectivity index (χ1n) is 5.89. The number of carbonyl (C=O) groups excluding carboxylic acids is 2. The van der Waals surface area contributed by atoms with Gasteiger partial charge in [-0.2, -0.15) is 0 Å². The molecule has 0 unspecified atom stereocenters. The standard InChI is InChI=1S/C6H8O4.C5H14N2O2.Pt/c7-4(8)6(5(9)10)2-1-3-6;6-1-5(2-7,3-8)4-9;/h1-3H2,(H,7,8)(H,9,10);8-9H,1-4,6-7H2;/q;;+2/p-2. The molecule has 0 aliphatic heterocycles. The smallest absolute Gasteiger partial charge is 0.549 e. The summed E-state index contributed by atoms with van der Waals surface area (Å²) in [5.41, 5.74) is 8.15. The van der Waals surface area contributed by atoms with Gasteiger partial charge in [-0.1, -0.05) is 6.42 Å². The summed E-state index contributed by atoms with van der Waals surface area (Å²) >= 11 is 0. The maximum absolute atomic E-state index is 10.2. The van der Waals surface area contributed by atoms with E-state index >= 15 is 0 Å². The second kappa shape index (κ2) is 9.41. The van der Waals surface area contributed by atoms with Crippen LogP contribution in [-0.2, 0) is 30.7 Å². The number of aliphatic hydroxyl groups excluding tert-OH is 2. The van der Waals surface area contributed by atoms with Crippen molar-refractivity contribution >= 4 is 11.9 Å². The third-order valence-corrected chi connectivity index (χ3v) is 3.53. The van der Waals surface area contributed by atoms with Gasteiger partial charge in [0.25, 0.3) is 0 Å². The molecule has 120 valence electrons. The van der Waals surface area contributed by atoms with Crippen LogP contribution < -0.4 is 21.7 Å². The molecule has 6 N–H and O–H groups in total. The van der Waals surface area contributed by atoms with Crippen LogP contribution in [0.25, 0.3) is 0 Å². The predicted molar refractivity (Wildman–Crippen MR) is 61.0 cm³/mol. The Hall–Kier alpha value is -0.532. The van der Waals surface area contributed by atoms with Crippen LogP contribution in [0.4, 0.5) is 0 Å². The van der Waals surface area contributed by atoms with Gasteiger partial charge in [0, 0.05) is 23.9 Å². The Labute approximate surface area is 131 Å². The third kappa shape index (κ3) is 4.78. The van der Waals surface area contributed by atoms with Gasteiger partial charge in [0.05, 0.1) is 25.2 Å². The van der Waals surface area contributed by atoms with Crippen LogP contribution in [0.1, 0.15) is 19.3 Å². The van der Waals surface area contributed by atoms with Crippen LogP contribution in [0.2, 0.25) is 0 Å². The summed E-state index contributed by atoms with van der Waals surface area (Å²) in [5.74, 6) is -3.03. The number of hydrogen-bond donors (Lipinski definition) is 4. The minimum absolute atomic E-state index is 0. The van der Waals surface area contributed by atoms with E-state index in [0.29, 0.717) is 6.42 Å². The normalized spacial score (nSPS) is 16.0. The second-order valence-corrected chi connectivity index (χ2v) is 4.74. The Morgan fingerprint density at radius 3 is 1.40 bits per heavy atom. The summed E-state index contributed by atoms with van der Waals surface area (Å²) in [6.07, 6.45) is 0.928. The molecule has 8 nitrogen and oxygen atoms in total. The van der Waals surface area contributed by atoms with Crippen molar-refractivity contribution in [3.05, 3.63) is 0 Å². The molecule has 0 saturated heterocycles. The van der Waals surface area contributed by atoms with Crippen molar-refractivity contribution in [2.45, 2.75) is 19.3 Å². The molecule has 0 amide bonds. The molecule has 9 heteroatoms. The van der Waals surface area contributed by atoms with Crippen LogP contribution in [0.15, 0.2) is 0 Å². The maximum Gasteiger partial charge on any atom is 2.00 e. The first-order valence-corrected chi connectivity index (χ1v) is 5.89. The average Bonchev–Trinajstić information content (AvgIpc) is 2.31. The van der Waals surface area contributed by atoms with Crippen molar-refractivity contribution in [2.24, 2.45) is 22.3 Å². The van der Waals surface area contributed by atoms with Gasteiger partial charge in [-0.25, -0.2) is 0 Å². The molecule has 0 bridgehead atoms. The first-order chi connectivity index (χ1) is 8.84. The number of hydrogen-bond acceptors (Lipinski definition) is 8. The fraction of sp³-hybridized carbons (Fsp3) is 0.818.